The number of nitrogens with one attached hydrogen (secondary N) is 1. The predicted molar refractivity (Wildman–Crippen MR) is 77.9 cm³/mol. The molecule has 0 saturated carbocycles. The molecule has 0 atom stereocenters. The minimum Gasteiger partial charge on any atom is -0.384 e. The lowest BCUT2D eigenvalue weighted by Crippen LogP contribution is -2.34. The van der Waals surface area contributed by atoms with Crippen LogP contribution in [0.4, 0.5) is 5.69 Å². The average Bonchev–Trinajstić information content (AvgIpc) is 2.82. The minimum atomic E-state index is -3.37. The summed E-state index contributed by atoms with van der Waals surface area (Å²) in [6, 6.07) is 5.41. The van der Waals surface area contributed by atoms with Crippen molar-refractivity contribution in [1.29, 1.82) is 0 Å². The van der Waals surface area contributed by atoms with Gasteiger partial charge in [0.15, 0.2) is 0 Å². The number of sulfonamides is 1. The van der Waals surface area contributed by atoms with Gasteiger partial charge in [0.25, 0.3) is 0 Å². The average molecular weight is 282 g/mol. The molecule has 106 valence electrons. The molecule has 1 aliphatic rings. The van der Waals surface area contributed by atoms with Crippen LogP contribution in [0.5, 0.6) is 0 Å². The van der Waals surface area contributed by atoms with Crippen LogP contribution in [-0.2, 0) is 16.4 Å². The first-order chi connectivity index (χ1) is 8.95. The van der Waals surface area contributed by atoms with Gasteiger partial charge in [0.1, 0.15) is 0 Å². The van der Waals surface area contributed by atoms with Gasteiger partial charge in [-0.15, -0.1) is 0 Å². The fourth-order valence-corrected chi connectivity index (χ4v) is 4.02. The van der Waals surface area contributed by atoms with Crippen molar-refractivity contribution in [3.05, 3.63) is 23.8 Å². The molecule has 2 rings (SSSR count). The van der Waals surface area contributed by atoms with Crippen molar-refractivity contribution < 1.29 is 8.42 Å². The fraction of sp³-hybridized carbons (Fsp3) is 0.571. The molecule has 1 aromatic rings. The quantitative estimate of drug-likeness (QED) is 0.901. The normalized spacial score (nSPS) is 14.8. The zero-order valence-electron chi connectivity index (χ0n) is 11.8. The van der Waals surface area contributed by atoms with Crippen LogP contribution in [0.15, 0.2) is 23.1 Å². The van der Waals surface area contributed by atoms with Crippen molar-refractivity contribution in [1.82, 2.24) is 4.31 Å². The van der Waals surface area contributed by atoms with Crippen LogP contribution < -0.4 is 5.32 Å². The second-order valence-electron chi connectivity index (χ2n) is 5.35. The Hall–Kier alpha value is -1.07. The van der Waals surface area contributed by atoms with E-state index >= 15 is 0 Å². The summed E-state index contributed by atoms with van der Waals surface area (Å²) in [5.41, 5.74) is 2.16. The standard InChI is InChI=1S/C14H22N2O2S/c1-4-16(10-11(2)3)19(17,18)13-6-5-12-7-8-15-14(12)9-13/h5-6,9,11,15H,4,7-8,10H2,1-3H3. The highest BCUT2D eigenvalue weighted by Crippen LogP contribution is 2.27. The summed E-state index contributed by atoms with van der Waals surface area (Å²) in [5.74, 6) is 0.322. The van der Waals surface area contributed by atoms with Crippen LogP contribution in [0, 0.1) is 5.92 Å². The second-order valence-corrected chi connectivity index (χ2v) is 7.28. The van der Waals surface area contributed by atoms with E-state index in [1.165, 1.54) is 5.56 Å². The summed E-state index contributed by atoms with van der Waals surface area (Å²) in [5, 5.41) is 3.23. The molecule has 0 radical (unpaired) electrons. The molecule has 19 heavy (non-hydrogen) atoms. The summed E-state index contributed by atoms with van der Waals surface area (Å²) in [6.07, 6.45) is 0.971. The van der Waals surface area contributed by atoms with Crippen molar-refractivity contribution in [3.8, 4) is 0 Å². The molecule has 1 aromatic carbocycles. The summed E-state index contributed by atoms with van der Waals surface area (Å²) in [7, 11) is -3.37. The number of hydrogen-bond acceptors (Lipinski definition) is 3. The maximum absolute atomic E-state index is 12.6. The zero-order chi connectivity index (χ0) is 14.0. The van der Waals surface area contributed by atoms with Gasteiger partial charge in [0.05, 0.1) is 4.90 Å². The van der Waals surface area contributed by atoms with E-state index in [1.54, 1.807) is 16.4 Å². The lowest BCUT2D eigenvalue weighted by Gasteiger charge is -2.22. The molecule has 1 N–H and O–H groups in total. The summed E-state index contributed by atoms with van der Waals surface area (Å²) < 4.78 is 26.7. The van der Waals surface area contributed by atoms with Crippen molar-refractivity contribution in [2.24, 2.45) is 5.92 Å². The van der Waals surface area contributed by atoms with Gasteiger partial charge < -0.3 is 5.32 Å². The van der Waals surface area contributed by atoms with Gasteiger partial charge in [-0.1, -0.05) is 26.8 Å². The van der Waals surface area contributed by atoms with Gasteiger partial charge in [0.2, 0.25) is 10.0 Å². The fourth-order valence-electron chi connectivity index (χ4n) is 2.38. The van der Waals surface area contributed by atoms with Crippen LogP contribution in [0.1, 0.15) is 26.3 Å². The van der Waals surface area contributed by atoms with Crippen LogP contribution in [0.25, 0.3) is 0 Å². The van der Waals surface area contributed by atoms with Gasteiger partial charge in [-0.25, -0.2) is 8.42 Å². The Morgan fingerprint density at radius 1 is 1.37 bits per heavy atom. The highest BCUT2D eigenvalue weighted by Gasteiger charge is 2.25. The third kappa shape index (κ3) is 2.92. The Morgan fingerprint density at radius 2 is 2.11 bits per heavy atom. The van der Waals surface area contributed by atoms with E-state index in [9.17, 15) is 8.42 Å². The van der Waals surface area contributed by atoms with Gasteiger partial charge in [-0.3, -0.25) is 0 Å². The number of nitrogens with zero attached hydrogens (tertiary/aromatic N) is 1. The van der Waals surface area contributed by atoms with E-state index < -0.39 is 10.0 Å². The van der Waals surface area contributed by atoms with E-state index in [-0.39, 0.29) is 0 Å². The third-order valence-electron chi connectivity index (χ3n) is 3.35. The third-order valence-corrected chi connectivity index (χ3v) is 5.29. The molecule has 0 bridgehead atoms. The molecule has 0 fully saturated rings. The monoisotopic (exact) mass is 282 g/mol. The van der Waals surface area contributed by atoms with Crippen molar-refractivity contribution in [2.75, 3.05) is 25.0 Å². The van der Waals surface area contributed by atoms with Gasteiger partial charge in [-0.05, 0) is 30.0 Å². The van der Waals surface area contributed by atoms with Crippen molar-refractivity contribution >= 4 is 15.7 Å². The lowest BCUT2D eigenvalue weighted by molar-refractivity contribution is 0.381. The van der Waals surface area contributed by atoms with Gasteiger partial charge >= 0.3 is 0 Å². The van der Waals surface area contributed by atoms with Crippen LogP contribution in [0.3, 0.4) is 0 Å². The maximum atomic E-state index is 12.6. The number of fused-ring (bicyclic) bond motifs is 1. The van der Waals surface area contributed by atoms with E-state index in [4.69, 9.17) is 0 Å². The molecule has 0 amide bonds. The molecule has 0 saturated heterocycles. The predicted octanol–water partition coefficient (Wildman–Crippen LogP) is 2.32. The van der Waals surface area contributed by atoms with Crippen LogP contribution in [0.2, 0.25) is 0 Å². The Balaban J connectivity index is 2.33. The molecule has 0 unspecified atom stereocenters. The van der Waals surface area contributed by atoms with E-state index in [1.807, 2.05) is 26.8 Å². The Kier molecular flexibility index (Phi) is 4.16. The Morgan fingerprint density at radius 3 is 2.74 bits per heavy atom. The first kappa shape index (κ1) is 14.3. The topological polar surface area (TPSA) is 49.4 Å². The number of benzene rings is 1. The zero-order valence-corrected chi connectivity index (χ0v) is 12.6. The van der Waals surface area contributed by atoms with Crippen molar-refractivity contribution in [3.63, 3.8) is 0 Å². The first-order valence-electron chi connectivity index (χ1n) is 6.82. The first-order valence-corrected chi connectivity index (χ1v) is 8.26. The summed E-state index contributed by atoms with van der Waals surface area (Å²) in [4.78, 5) is 0.392. The highest BCUT2D eigenvalue weighted by molar-refractivity contribution is 7.89. The van der Waals surface area contributed by atoms with E-state index in [0.29, 0.717) is 23.9 Å². The molecule has 5 heteroatoms. The summed E-state index contributed by atoms with van der Waals surface area (Å²) in [6.45, 7) is 7.90. The SMILES string of the molecule is CCN(CC(C)C)S(=O)(=O)c1ccc2c(c1)NCC2. The molecule has 0 aromatic heterocycles. The molecular formula is C14H22N2O2S. The molecule has 0 spiro atoms. The largest absolute Gasteiger partial charge is 0.384 e. The molecular weight excluding hydrogens is 260 g/mol. The summed E-state index contributed by atoms with van der Waals surface area (Å²) >= 11 is 0. The van der Waals surface area contributed by atoms with Crippen LogP contribution in [-0.4, -0.2) is 32.4 Å². The second kappa shape index (κ2) is 5.51. The molecule has 4 nitrogen and oxygen atoms in total. The van der Waals surface area contributed by atoms with Crippen molar-refractivity contribution in [2.45, 2.75) is 32.1 Å². The van der Waals surface area contributed by atoms with E-state index in [2.05, 4.69) is 5.32 Å². The number of hydrogen-bond donors (Lipinski definition) is 1. The van der Waals surface area contributed by atoms with Crippen LogP contribution >= 0.6 is 0 Å². The van der Waals surface area contributed by atoms with Gasteiger partial charge in [-0.2, -0.15) is 4.31 Å². The maximum Gasteiger partial charge on any atom is 0.243 e. The number of rotatable bonds is 5. The number of anilines is 1. The van der Waals surface area contributed by atoms with Gasteiger partial charge in [0, 0.05) is 25.3 Å². The molecule has 1 aliphatic heterocycles. The molecule has 0 aliphatic carbocycles. The highest BCUT2D eigenvalue weighted by atomic mass is 32.2. The minimum absolute atomic E-state index is 0.322. The smallest absolute Gasteiger partial charge is 0.243 e. The lowest BCUT2D eigenvalue weighted by atomic mass is 10.2. The Bertz CT molecular complexity index is 553. The molecule has 1 heterocycles. The van der Waals surface area contributed by atoms with E-state index in [0.717, 1.165) is 18.7 Å². The Labute approximate surface area is 115 Å².